The molecule has 0 fully saturated rings. The maximum Gasteiger partial charge on any atom is 0.330 e. The summed E-state index contributed by atoms with van der Waals surface area (Å²) in [6, 6.07) is 36.3. The lowest BCUT2D eigenvalue weighted by Crippen LogP contribution is -2.21. The Morgan fingerprint density at radius 2 is 1.00 bits per heavy atom. The first-order valence-electron chi connectivity index (χ1n) is 12.1. The number of hydrogen-bond acceptors (Lipinski definition) is 5. The number of hydrogen-bond donors (Lipinski definition) is 2. The Kier molecular flexibility index (Phi) is 10.4. The normalized spacial score (nSPS) is 10.4. The van der Waals surface area contributed by atoms with Crippen LogP contribution in [0.4, 0.5) is 11.4 Å². The van der Waals surface area contributed by atoms with E-state index in [1.807, 2.05) is 97.1 Å². The Labute approximate surface area is 215 Å². The van der Waals surface area contributed by atoms with Gasteiger partial charge in [-0.2, -0.15) is 0 Å². The fraction of sp³-hybridized carbons (Fsp3) is 0.172. The number of benzene rings is 4. The first kappa shape index (κ1) is 25.4. The molecule has 0 heterocycles. The molecular formula is C29H30B2N2O3. The average Bonchev–Trinajstić information content (AvgIpc) is 2.94. The van der Waals surface area contributed by atoms with Crippen molar-refractivity contribution in [2.75, 3.05) is 36.9 Å². The second-order valence-corrected chi connectivity index (χ2v) is 8.16. The molecule has 0 saturated carbocycles. The van der Waals surface area contributed by atoms with Crippen LogP contribution in [-0.4, -0.2) is 41.3 Å². The first-order valence-corrected chi connectivity index (χ1v) is 12.1. The van der Waals surface area contributed by atoms with Crippen LogP contribution in [0.1, 0.15) is 5.56 Å². The molecule has 0 bridgehead atoms. The van der Waals surface area contributed by atoms with Crippen molar-refractivity contribution >= 4 is 37.3 Å². The van der Waals surface area contributed by atoms with Crippen molar-refractivity contribution in [2.24, 2.45) is 0 Å². The van der Waals surface area contributed by atoms with Gasteiger partial charge in [0.1, 0.15) is 12.4 Å². The highest BCUT2D eigenvalue weighted by Gasteiger charge is 2.02. The van der Waals surface area contributed by atoms with Crippen molar-refractivity contribution in [3.05, 3.63) is 115 Å². The van der Waals surface area contributed by atoms with Crippen LogP contribution in [-0.2, 0) is 15.9 Å². The zero-order valence-corrected chi connectivity index (χ0v) is 20.3. The molecule has 0 atom stereocenters. The fourth-order valence-corrected chi connectivity index (χ4v) is 3.43. The molecule has 0 aliphatic carbocycles. The van der Waals surface area contributed by atoms with Crippen LogP contribution in [0, 0.1) is 0 Å². The van der Waals surface area contributed by atoms with Gasteiger partial charge >= 0.3 is 15.0 Å². The van der Waals surface area contributed by atoms with Gasteiger partial charge in [-0.05, 0) is 42.0 Å². The summed E-state index contributed by atoms with van der Waals surface area (Å²) < 4.78 is 17.2. The van der Waals surface area contributed by atoms with Crippen LogP contribution in [0.15, 0.2) is 109 Å². The van der Waals surface area contributed by atoms with E-state index >= 15 is 0 Å². The van der Waals surface area contributed by atoms with Crippen LogP contribution in [0.3, 0.4) is 0 Å². The highest BCUT2D eigenvalue weighted by molar-refractivity contribution is 6.47. The number of anilines is 2. The smallest absolute Gasteiger partial charge is 0.330 e. The van der Waals surface area contributed by atoms with Crippen molar-refractivity contribution < 1.29 is 14.0 Å². The molecule has 4 aromatic carbocycles. The number of para-hydroxylation sites is 2. The maximum absolute atomic E-state index is 5.92. The largest absolute Gasteiger partial charge is 0.489 e. The minimum atomic E-state index is 0.507. The lowest BCUT2D eigenvalue weighted by molar-refractivity contribution is 0.306. The van der Waals surface area contributed by atoms with Crippen LogP contribution in [0.25, 0.3) is 0 Å². The van der Waals surface area contributed by atoms with E-state index in [0.29, 0.717) is 19.8 Å². The van der Waals surface area contributed by atoms with Crippen LogP contribution in [0.2, 0.25) is 0 Å². The monoisotopic (exact) mass is 476 g/mol. The van der Waals surface area contributed by atoms with E-state index in [-0.39, 0.29) is 0 Å². The lowest BCUT2D eigenvalue weighted by Gasteiger charge is -2.09. The summed E-state index contributed by atoms with van der Waals surface area (Å²) in [5.41, 5.74) is 5.32. The SMILES string of the molecule is [B](OCCNc1ccccc1)c1ccc(COc2ccc([B]OCCNc3ccccc3)cc2)cc1. The van der Waals surface area contributed by atoms with E-state index in [9.17, 15) is 0 Å². The zero-order valence-electron chi connectivity index (χ0n) is 20.3. The molecule has 4 rings (SSSR count). The van der Waals surface area contributed by atoms with Gasteiger partial charge in [-0.25, -0.2) is 0 Å². The molecular weight excluding hydrogens is 446 g/mol. The second kappa shape index (κ2) is 14.7. The molecule has 0 spiro atoms. The molecule has 5 nitrogen and oxygen atoms in total. The Hall–Kier alpha value is -3.67. The first-order chi connectivity index (χ1) is 17.8. The van der Waals surface area contributed by atoms with E-state index < -0.39 is 0 Å². The molecule has 0 amide bonds. The topological polar surface area (TPSA) is 51.8 Å². The van der Waals surface area contributed by atoms with E-state index in [2.05, 4.69) is 22.8 Å². The average molecular weight is 476 g/mol. The lowest BCUT2D eigenvalue weighted by atomic mass is 9.87. The molecule has 7 heteroatoms. The summed E-state index contributed by atoms with van der Waals surface area (Å²) in [5.74, 6) is 0.822. The number of nitrogens with one attached hydrogen (secondary N) is 2. The standard InChI is InChI=1S/C29H30B2N2O3/c1-3-7-27(8-4-1)32-19-21-35-30-25-13-11-24(12-14-25)23-34-29-17-15-26(16-18-29)31-36-22-20-33-28-9-5-2-6-10-28/h1-18,32-33H,19-23H2. The second-order valence-electron chi connectivity index (χ2n) is 8.16. The van der Waals surface area contributed by atoms with E-state index in [4.69, 9.17) is 14.0 Å². The quantitative estimate of drug-likeness (QED) is 0.201. The van der Waals surface area contributed by atoms with Crippen molar-refractivity contribution in [2.45, 2.75) is 6.61 Å². The van der Waals surface area contributed by atoms with Gasteiger partial charge in [0.15, 0.2) is 0 Å². The van der Waals surface area contributed by atoms with Gasteiger partial charge in [0.2, 0.25) is 0 Å². The van der Waals surface area contributed by atoms with E-state index in [1.54, 1.807) is 15.0 Å². The molecule has 0 saturated heterocycles. The van der Waals surface area contributed by atoms with Gasteiger partial charge < -0.3 is 24.7 Å². The molecule has 0 aliphatic rings. The summed E-state index contributed by atoms with van der Waals surface area (Å²) in [4.78, 5) is 0. The minimum absolute atomic E-state index is 0.507. The Morgan fingerprint density at radius 1 is 0.528 bits per heavy atom. The maximum atomic E-state index is 5.92. The summed E-state index contributed by atoms with van der Waals surface area (Å²) in [6.45, 7) is 3.20. The van der Waals surface area contributed by atoms with Crippen LogP contribution < -0.4 is 26.3 Å². The Bertz CT molecular complexity index is 1040. The molecule has 0 aliphatic heterocycles. The predicted molar refractivity (Wildman–Crippen MR) is 150 cm³/mol. The summed E-state index contributed by atoms with van der Waals surface area (Å²) in [5, 5.41) is 6.64. The highest BCUT2D eigenvalue weighted by atomic mass is 16.5. The molecule has 180 valence electrons. The van der Waals surface area contributed by atoms with Gasteiger partial charge in [-0.3, -0.25) is 0 Å². The van der Waals surface area contributed by atoms with Gasteiger partial charge in [0.05, 0.1) is 0 Å². The third-order valence-corrected chi connectivity index (χ3v) is 5.35. The van der Waals surface area contributed by atoms with E-state index in [1.165, 1.54) is 0 Å². The summed E-state index contributed by atoms with van der Waals surface area (Å²) in [7, 11) is 3.55. The zero-order chi connectivity index (χ0) is 24.7. The van der Waals surface area contributed by atoms with Crippen molar-refractivity contribution in [1.29, 1.82) is 0 Å². The molecule has 2 N–H and O–H groups in total. The van der Waals surface area contributed by atoms with Crippen molar-refractivity contribution in [1.82, 2.24) is 0 Å². The molecule has 2 radical (unpaired) electrons. The minimum Gasteiger partial charge on any atom is -0.489 e. The third kappa shape index (κ3) is 9.17. The van der Waals surface area contributed by atoms with Crippen LogP contribution in [0.5, 0.6) is 5.75 Å². The van der Waals surface area contributed by atoms with Gasteiger partial charge in [-0.1, -0.05) is 83.7 Å². The summed E-state index contributed by atoms with van der Waals surface area (Å²) in [6.07, 6.45) is 0. The fourth-order valence-electron chi connectivity index (χ4n) is 3.43. The number of ether oxygens (including phenoxy) is 1. The van der Waals surface area contributed by atoms with Crippen molar-refractivity contribution in [3.63, 3.8) is 0 Å². The van der Waals surface area contributed by atoms with Gasteiger partial charge in [-0.15, -0.1) is 0 Å². The van der Waals surface area contributed by atoms with Crippen LogP contribution >= 0.6 is 0 Å². The number of rotatable bonds is 15. The molecule has 4 aromatic rings. The molecule has 36 heavy (non-hydrogen) atoms. The van der Waals surface area contributed by atoms with Crippen molar-refractivity contribution in [3.8, 4) is 5.75 Å². The Balaban J connectivity index is 1.08. The van der Waals surface area contributed by atoms with Gasteiger partial charge in [0.25, 0.3) is 0 Å². The summed E-state index contributed by atoms with van der Waals surface area (Å²) >= 11 is 0. The highest BCUT2D eigenvalue weighted by Crippen LogP contribution is 2.11. The Morgan fingerprint density at radius 3 is 1.50 bits per heavy atom. The van der Waals surface area contributed by atoms with E-state index in [0.717, 1.165) is 46.7 Å². The predicted octanol–water partition coefficient (Wildman–Crippen LogP) is 4.01. The van der Waals surface area contributed by atoms with Gasteiger partial charge in [0, 0.05) is 37.7 Å². The third-order valence-electron chi connectivity index (χ3n) is 5.35. The molecule has 0 aromatic heterocycles. The molecule has 0 unspecified atom stereocenters.